The Morgan fingerprint density at radius 1 is 1.30 bits per heavy atom. The molecule has 0 aliphatic rings. The zero-order chi connectivity index (χ0) is 16.8. The van der Waals surface area contributed by atoms with Gasteiger partial charge in [0.25, 0.3) is 0 Å². The van der Waals surface area contributed by atoms with Crippen molar-refractivity contribution in [2.75, 3.05) is 11.9 Å². The smallest absolute Gasteiger partial charge is 0.404 e. The highest BCUT2D eigenvalue weighted by atomic mass is 19.2. The van der Waals surface area contributed by atoms with Crippen LogP contribution >= 0.6 is 0 Å². The second-order valence-corrected chi connectivity index (χ2v) is 4.46. The SMILES string of the molecule is N#Cc1cnc(NC(CNC(=O)O)c2ccc(F)c(F)c2)nc1. The summed E-state index contributed by atoms with van der Waals surface area (Å²) in [6, 6.07) is 4.36. The number of amides is 1. The van der Waals surface area contributed by atoms with E-state index in [9.17, 15) is 13.6 Å². The monoisotopic (exact) mass is 319 g/mol. The van der Waals surface area contributed by atoms with E-state index >= 15 is 0 Å². The molecule has 0 fully saturated rings. The minimum atomic E-state index is -1.26. The minimum Gasteiger partial charge on any atom is -0.465 e. The number of hydrogen-bond acceptors (Lipinski definition) is 5. The molecule has 118 valence electrons. The predicted octanol–water partition coefficient (Wildman–Crippen LogP) is 2.05. The van der Waals surface area contributed by atoms with Gasteiger partial charge < -0.3 is 15.7 Å². The van der Waals surface area contributed by atoms with Crippen LogP contribution in [0.4, 0.5) is 19.5 Å². The van der Waals surface area contributed by atoms with Gasteiger partial charge in [0.1, 0.15) is 6.07 Å². The zero-order valence-electron chi connectivity index (χ0n) is 11.6. The molecule has 0 bridgehead atoms. The normalized spacial score (nSPS) is 11.3. The number of halogens is 2. The van der Waals surface area contributed by atoms with Crippen molar-refractivity contribution in [1.82, 2.24) is 15.3 Å². The number of nitriles is 1. The maximum Gasteiger partial charge on any atom is 0.404 e. The second-order valence-electron chi connectivity index (χ2n) is 4.46. The summed E-state index contributed by atoms with van der Waals surface area (Å²) in [5.41, 5.74) is 0.564. The fourth-order valence-corrected chi connectivity index (χ4v) is 1.79. The third-order valence-corrected chi connectivity index (χ3v) is 2.89. The lowest BCUT2D eigenvalue weighted by atomic mass is 10.1. The van der Waals surface area contributed by atoms with Gasteiger partial charge in [0.2, 0.25) is 5.95 Å². The molecule has 1 heterocycles. The van der Waals surface area contributed by atoms with Crippen LogP contribution in [0.1, 0.15) is 17.2 Å². The number of hydrogen-bond donors (Lipinski definition) is 3. The molecule has 0 saturated heterocycles. The van der Waals surface area contributed by atoms with E-state index in [1.54, 1.807) is 0 Å². The van der Waals surface area contributed by atoms with Crippen molar-refractivity contribution < 1.29 is 18.7 Å². The molecule has 0 saturated carbocycles. The molecule has 1 unspecified atom stereocenters. The van der Waals surface area contributed by atoms with Gasteiger partial charge in [-0.1, -0.05) is 6.07 Å². The summed E-state index contributed by atoms with van der Waals surface area (Å²) in [5.74, 6) is -1.94. The van der Waals surface area contributed by atoms with Crippen molar-refractivity contribution in [2.24, 2.45) is 0 Å². The summed E-state index contributed by atoms with van der Waals surface area (Å²) < 4.78 is 26.4. The van der Waals surface area contributed by atoms with Gasteiger partial charge in [0.05, 0.1) is 24.0 Å². The Morgan fingerprint density at radius 3 is 2.57 bits per heavy atom. The molecule has 0 radical (unpaired) electrons. The lowest BCUT2D eigenvalue weighted by molar-refractivity contribution is 0.194. The van der Waals surface area contributed by atoms with Crippen LogP contribution in [0, 0.1) is 23.0 Å². The molecular weight excluding hydrogens is 308 g/mol. The standard InChI is InChI=1S/C14H11F2N5O2/c15-10-2-1-9(3-11(10)16)12(7-20-14(22)23)21-13-18-5-8(4-17)6-19-13/h1-3,5-6,12,20H,7H2,(H,22,23)(H,18,19,21). The Bertz CT molecular complexity index is 746. The van der Waals surface area contributed by atoms with Crippen LogP contribution in [-0.4, -0.2) is 27.7 Å². The highest BCUT2D eigenvalue weighted by molar-refractivity contribution is 5.64. The molecule has 7 nitrogen and oxygen atoms in total. The third kappa shape index (κ3) is 4.34. The van der Waals surface area contributed by atoms with E-state index in [0.29, 0.717) is 5.56 Å². The summed E-state index contributed by atoms with van der Waals surface area (Å²) in [7, 11) is 0. The fourth-order valence-electron chi connectivity index (χ4n) is 1.79. The van der Waals surface area contributed by atoms with E-state index in [1.165, 1.54) is 18.5 Å². The quantitative estimate of drug-likeness (QED) is 0.778. The summed E-state index contributed by atoms with van der Waals surface area (Å²) in [6.45, 7) is -0.121. The van der Waals surface area contributed by atoms with Crippen LogP contribution in [0.15, 0.2) is 30.6 Å². The number of aromatic nitrogens is 2. The molecule has 0 aliphatic carbocycles. The second kappa shape index (κ2) is 7.13. The Kier molecular flexibility index (Phi) is 4.99. The molecule has 0 spiro atoms. The topological polar surface area (TPSA) is 111 Å². The van der Waals surface area contributed by atoms with Gasteiger partial charge in [-0.25, -0.2) is 23.5 Å². The van der Waals surface area contributed by atoms with E-state index < -0.39 is 23.8 Å². The molecule has 1 aromatic carbocycles. The van der Waals surface area contributed by atoms with Crippen LogP contribution in [0.5, 0.6) is 0 Å². The average molecular weight is 319 g/mol. The predicted molar refractivity (Wildman–Crippen MR) is 75.5 cm³/mol. The first-order chi connectivity index (χ1) is 11.0. The molecule has 2 rings (SSSR count). The van der Waals surface area contributed by atoms with E-state index in [-0.39, 0.29) is 18.1 Å². The lowest BCUT2D eigenvalue weighted by Crippen LogP contribution is -2.30. The molecule has 1 aromatic heterocycles. The van der Waals surface area contributed by atoms with Crippen LogP contribution < -0.4 is 10.6 Å². The molecular formula is C14H11F2N5O2. The maximum atomic E-state index is 13.4. The summed E-state index contributed by atoms with van der Waals surface area (Å²) in [5, 5.41) is 22.3. The highest BCUT2D eigenvalue weighted by Gasteiger charge is 2.16. The zero-order valence-corrected chi connectivity index (χ0v) is 11.6. The van der Waals surface area contributed by atoms with Gasteiger partial charge in [-0.2, -0.15) is 5.26 Å². The number of nitrogens with one attached hydrogen (secondary N) is 2. The highest BCUT2D eigenvalue weighted by Crippen LogP contribution is 2.19. The van der Waals surface area contributed by atoms with E-state index in [2.05, 4.69) is 20.6 Å². The van der Waals surface area contributed by atoms with Crippen LogP contribution in [0.2, 0.25) is 0 Å². The molecule has 2 aromatic rings. The van der Waals surface area contributed by atoms with Crippen molar-refractivity contribution in [1.29, 1.82) is 5.26 Å². The number of carbonyl (C=O) groups is 1. The van der Waals surface area contributed by atoms with E-state index in [0.717, 1.165) is 12.1 Å². The van der Waals surface area contributed by atoms with E-state index in [4.69, 9.17) is 10.4 Å². The van der Waals surface area contributed by atoms with Gasteiger partial charge in [-0.05, 0) is 17.7 Å². The van der Waals surface area contributed by atoms with Gasteiger partial charge >= 0.3 is 6.09 Å². The number of rotatable bonds is 5. The lowest BCUT2D eigenvalue weighted by Gasteiger charge is -2.19. The Morgan fingerprint density at radius 2 is 2.00 bits per heavy atom. The van der Waals surface area contributed by atoms with Crippen molar-refractivity contribution >= 4 is 12.0 Å². The minimum absolute atomic E-state index is 0.117. The largest absolute Gasteiger partial charge is 0.465 e. The van der Waals surface area contributed by atoms with Gasteiger partial charge in [-0.15, -0.1) is 0 Å². The van der Waals surface area contributed by atoms with E-state index in [1.807, 2.05) is 6.07 Å². The van der Waals surface area contributed by atoms with Gasteiger partial charge in [-0.3, -0.25) is 0 Å². The van der Waals surface area contributed by atoms with Gasteiger partial charge in [0.15, 0.2) is 11.6 Å². The van der Waals surface area contributed by atoms with Crippen LogP contribution in [0.3, 0.4) is 0 Å². The summed E-state index contributed by atoms with van der Waals surface area (Å²) in [4.78, 5) is 18.4. The first-order valence-electron chi connectivity index (χ1n) is 6.40. The number of anilines is 1. The Balaban J connectivity index is 2.23. The number of carboxylic acid groups (broad SMARTS) is 1. The average Bonchev–Trinajstić information content (AvgIpc) is 2.54. The third-order valence-electron chi connectivity index (χ3n) is 2.89. The molecule has 1 amide bonds. The first-order valence-corrected chi connectivity index (χ1v) is 6.40. The molecule has 1 atom stereocenters. The fraction of sp³-hybridized carbons (Fsp3) is 0.143. The van der Waals surface area contributed by atoms with Crippen molar-refractivity contribution in [2.45, 2.75) is 6.04 Å². The number of nitrogens with zero attached hydrogens (tertiary/aromatic N) is 3. The molecule has 23 heavy (non-hydrogen) atoms. The van der Waals surface area contributed by atoms with Crippen LogP contribution in [-0.2, 0) is 0 Å². The van der Waals surface area contributed by atoms with Crippen LogP contribution in [0.25, 0.3) is 0 Å². The maximum absolute atomic E-state index is 13.4. The summed E-state index contributed by atoms with van der Waals surface area (Å²) >= 11 is 0. The van der Waals surface area contributed by atoms with Gasteiger partial charge in [0, 0.05) is 6.54 Å². The van der Waals surface area contributed by atoms with Crippen molar-refractivity contribution in [3.8, 4) is 6.07 Å². The van der Waals surface area contributed by atoms with Crippen molar-refractivity contribution in [3.63, 3.8) is 0 Å². The molecule has 9 heteroatoms. The first kappa shape index (κ1) is 16.1. The summed E-state index contributed by atoms with van der Waals surface area (Å²) in [6.07, 6.45) is 1.30. The molecule has 3 N–H and O–H groups in total. The Hall–Kier alpha value is -3.28. The number of benzene rings is 1. The van der Waals surface area contributed by atoms with Crippen molar-refractivity contribution in [3.05, 3.63) is 53.4 Å². The Labute approximate surface area is 129 Å². The molecule has 0 aliphatic heterocycles.